The van der Waals surface area contributed by atoms with Crippen LogP contribution in [0.2, 0.25) is 0 Å². The molecule has 3 aromatic rings. The van der Waals surface area contributed by atoms with Crippen molar-refractivity contribution >= 4 is 34.5 Å². The Kier molecular flexibility index (Phi) is 7.66. The molecule has 4 N–H and O–H groups in total. The number of rotatable bonds is 8. The Labute approximate surface area is 218 Å². The largest absolute Gasteiger partial charge is 0.354 e. The normalized spacial score (nSPS) is 16.6. The first-order valence-corrected chi connectivity index (χ1v) is 13.2. The van der Waals surface area contributed by atoms with E-state index in [4.69, 9.17) is 0 Å². The zero-order valence-corrected chi connectivity index (χ0v) is 21.3. The van der Waals surface area contributed by atoms with Gasteiger partial charge in [0.05, 0.1) is 11.3 Å². The molecule has 190 valence electrons. The van der Waals surface area contributed by atoms with E-state index in [2.05, 4.69) is 33.4 Å². The number of hydrogen-bond acceptors (Lipinski definition) is 4. The van der Waals surface area contributed by atoms with Crippen LogP contribution in [0.1, 0.15) is 59.2 Å². The SMILES string of the molecule is CNCc1ccc(N/C(=C2\C(=O)Nc3ccc(C(=O)NCC4CCCCC4)cc32)c2ccccc2)cc1. The Balaban J connectivity index is 1.47. The van der Waals surface area contributed by atoms with Gasteiger partial charge >= 0.3 is 0 Å². The molecule has 1 fully saturated rings. The molecule has 6 heteroatoms. The van der Waals surface area contributed by atoms with E-state index >= 15 is 0 Å². The van der Waals surface area contributed by atoms with E-state index in [0.29, 0.717) is 35.0 Å². The first-order valence-electron chi connectivity index (χ1n) is 13.2. The van der Waals surface area contributed by atoms with Gasteiger partial charge in [-0.2, -0.15) is 0 Å². The van der Waals surface area contributed by atoms with Gasteiger partial charge in [-0.3, -0.25) is 9.59 Å². The third-order valence-corrected chi connectivity index (χ3v) is 7.22. The summed E-state index contributed by atoms with van der Waals surface area (Å²) in [6, 6.07) is 23.4. The molecule has 6 nitrogen and oxygen atoms in total. The summed E-state index contributed by atoms with van der Waals surface area (Å²) in [4.78, 5) is 26.3. The van der Waals surface area contributed by atoms with Crippen molar-refractivity contribution in [2.45, 2.75) is 38.6 Å². The maximum absolute atomic E-state index is 13.3. The first kappa shape index (κ1) is 24.8. The molecule has 2 aliphatic rings. The lowest BCUT2D eigenvalue weighted by Crippen LogP contribution is -2.30. The van der Waals surface area contributed by atoms with Crippen molar-refractivity contribution in [3.63, 3.8) is 0 Å². The summed E-state index contributed by atoms with van der Waals surface area (Å²) in [6.45, 7) is 1.49. The monoisotopic (exact) mass is 494 g/mol. The van der Waals surface area contributed by atoms with Gasteiger partial charge in [0, 0.05) is 35.6 Å². The van der Waals surface area contributed by atoms with E-state index in [0.717, 1.165) is 23.4 Å². The van der Waals surface area contributed by atoms with E-state index in [1.54, 1.807) is 6.07 Å². The molecule has 0 spiro atoms. The highest BCUT2D eigenvalue weighted by atomic mass is 16.2. The fourth-order valence-corrected chi connectivity index (χ4v) is 5.23. The lowest BCUT2D eigenvalue weighted by atomic mass is 9.89. The van der Waals surface area contributed by atoms with Gasteiger partial charge in [0.2, 0.25) is 0 Å². The molecule has 5 rings (SSSR count). The zero-order chi connectivity index (χ0) is 25.6. The summed E-state index contributed by atoms with van der Waals surface area (Å²) in [6.07, 6.45) is 6.14. The first-order chi connectivity index (χ1) is 18.1. The van der Waals surface area contributed by atoms with E-state index < -0.39 is 0 Å². The van der Waals surface area contributed by atoms with Crippen LogP contribution in [0.3, 0.4) is 0 Å². The predicted molar refractivity (Wildman–Crippen MR) is 150 cm³/mol. The van der Waals surface area contributed by atoms with E-state index in [1.165, 1.54) is 37.7 Å². The van der Waals surface area contributed by atoms with Crippen molar-refractivity contribution in [3.05, 3.63) is 95.1 Å². The van der Waals surface area contributed by atoms with E-state index in [9.17, 15) is 9.59 Å². The minimum atomic E-state index is -0.187. The number of anilines is 2. The predicted octanol–water partition coefficient (Wildman–Crippen LogP) is 5.65. The van der Waals surface area contributed by atoms with Crippen molar-refractivity contribution in [2.24, 2.45) is 5.92 Å². The number of carbonyl (C=O) groups excluding carboxylic acids is 2. The van der Waals surface area contributed by atoms with Gasteiger partial charge in [-0.25, -0.2) is 0 Å². The van der Waals surface area contributed by atoms with Crippen molar-refractivity contribution in [1.29, 1.82) is 0 Å². The topological polar surface area (TPSA) is 82.3 Å². The third-order valence-electron chi connectivity index (χ3n) is 7.22. The van der Waals surface area contributed by atoms with Gasteiger partial charge in [-0.05, 0) is 67.3 Å². The molecule has 1 aliphatic carbocycles. The van der Waals surface area contributed by atoms with Gasteiger partial charge in [-0.15, -0.1) is 0 Å². The molecule has 37 heavy (non-hydrogen) atoms. The molecule has 0 unspecified atom stereocenters. The van der Waals surface area contributed by atoms with Crippen molar-refractivity contribution in [2.75, 3.05) is 24.2 Å². The van der Waals surface area contributed by atoms with E-state index in [-0.39, 0.29) is 11.8 Å². The fraction of sp³-hybridized carbons (Fsp3) is 0.290. The highest BCUT2D eigenvalue weighted by molar-refractivity contribution is 6.37. The molecule has 1 saturated carbocycles. The molecule has 0 aromatic heterocycles. The minimum absolute atomic E-state index is 0.0959. The lowest BCUT2D eigenvalue weighted by Gasteiger charge is -2.21. The average molecular weight is 495 g/mol. The van der Waals surface area contributed by atoms with Crippen LogP contribution in [0.5, 0.6) is 0 Å². The summed E-state index contributed by atoms with van der Waals surface area (Å²) < 4.78 is 0. The molecular weight excluding hydrogens is 460 g/mol. The molecule has 0 saturated heterocycles. The Morgan fingerprint density at radius 2 is 1.68 bits per heavy atom. The van der Waals surface area contributed by atoms with Crippen LogP contribution in [0.4, 0.5) is 11.4 Å². The molecule has 0 radical (unpaired) electrons. The number of fused-ring (bicyclic) bond motifs is 1. The molecular formula is C31H34N4O2. The number of carbonyl (C=O) groups is 2. The summed E-state index contributed by atoms with van der Waals surface area (Å²) in [5.74, 6) is 0.272. The minimum Gasteiger partial charge on any atom is -0.354 e. The van der Waals surface area contributed by atoms with Crippen LogP contribution >= 0.6 is 0 Å². The van der Waals surface area contributed by atoms with Gasteiger partial charge in [0.25, 0.3) is 11.8 Å². The number of hydrogen-bond donors (Lipinski definition) is 4. The Bertz CT molecular complexity index is 1290. The maximum atomic E-state index is 13.3. The molecule has 0 atom stereocenters. The highest BCUT2D eigenvalue weighted by Gasteiger charge is 2.29. The second-order valence-corrected chi connectivity index (χ2v) is 9.90. The Hall–Kier alpha value is -3.90. The number of amides is 2. The molecule has 3 aromatic carbocycles. The van der Waals surface area contributed by atoms with Crippen molar-refractivity contribution < 1.29 is 9.59 Å². The fourth-order valence-electron chi connectivity index (χ4n) is 5.23. The van der Waals surface area contributed by atoms with Crippen LogP contribution in [0, 0.1) is 5.92 Å². The maximum Gasteiger partial charge on any atom is 0.258 e. The van der Waals surface area contributed by atoms with Gasteiger partial charge < -0.3 is 21.3 Å². The average Bonchev–Trinajstić information content (AvgIpc) is 3.27. The third kappa shape index (κ3) is 5.75. The molecule has 2 amide bonds. The number of nitrogens with one attached hydrogen (secondary N) is 4. The lowest BCUT2D eigenvalue weighted by molar-refractivity contribution is -0.110. The summed E-state index contributed by atoms with van der Waals surface area (Å²) in [5.41, 5.74) is 6.19. The highest BCUT2D eigenvalue weighted by Crippen LogP contribution is 2.38. The van der Waals surface area contributed by atoms with Crippen molar-refractivity contribution in [1.82, 2.24) is 10.6 Å². The Morgan fingerprint density at radius 1 is 0.919 bits per heavy atom. The smallest absolute Gasteiger partial charge is 0.258 e. The van der Waals surface area contributed by atoms with Gasteiger partial charge in [-0.1, -0.05) is 61.7 Å². The van der Waals surface area contributed by atoms with Crippen LogP contribution in [0.25, 0.3) is 11.3 Å². The van der Waals surface area contributed by atoms with Crippen LogP contribution in [-0.4, -0.2) is 25.4 Å². The van der Waals surface area contributed by atoms with Crippen LogP contribution < -0.4 is 21.3 Å². The summed E-state index contributed by atoms with van der Waals surface area (Å²) >= 11 is 0. The summed E-state index contributed by atoms with van der Waals surface area (Å²) in [5, 5.41) is 12.8. The van der Waals surface area contributed by atoms with Gasteiger partial charge in [0.1, 0.15) is 0 Å². The second kappa shape index (κ2) is 11.4. The quantitative estimate of drug-likeness (QED) is 0.305. The molecule has 1 aliphatic heterocycles. The standard InChI is InChI=1S/C31H34N4O2/c1-32-19-22-12-15-25(16-13-22)34-29(23-10-6-3-7-11-23)28-26-18-24(14-17-27(26)35-31(28)37)30(36)33-20-21-8-4-2-5-9-21/h3,6-7,10-18,21,32,34H,2,4-5,8-9,19-20H2,1H3,(H,33,36)(H,35,37)/b29-28-. The second-order valence-electron chi connectivity index (χ2n) is 9.90. The number of benzene rings is 3. The van der Waals surface area contributed by atoms with Crippen LogP contribution in [-0.2, 0) is 11.3 Å². The Morgan fingerprint density at radius 3 is 2.41 bits per heavy atom. The van der Waals surface area contributed by atoms with Crippen molar-refractivity contribution in [3.8, 4) is 0 Å². The summed E-state index contributed by atoms with van der Waals surface area (Å²) in [7, 11) is 1.92. The zero-order valence-electron chi connectivity index (χ0n) is 21.3. The van der Waals surface area contributed by atoms with Gasteiger partial charge in [0.15, 0.2) is 0 Å². The molecule has 1 heterocycles. The van der Waals surface area contributed by atoms with E-state index in [1.807, 2.05) is 61.6 Å². The van der Waals surface area contributed by atoms with Crippen LogP contribution in [0.15, 0.2) is 72.8 Å². The molecule has 0 bridgehead atoms.